The summed E-state index contributed by atoms with van der Waals surface area (Å²) in [4.78, 5) is 12.5. The van der Waals surface area contributed by atoms with Crippen LogP contribution in [0, 0.1) is 20.8 Å². The maximum Gasteiger partial charge on any atom is 0.234 e. The van der Waals surface area contributed by atoms with E-state index >= 15 is 0 Å². The second-order valence-corrected chi connectivity index (χ2v) is 8.29. The Morgan fingerprint density at radius 3 is 2.65 bits per heavy atom. The number of amides is 1. The van der Waals surface area contributed by atoms with Crippen LogP contribution >= 0.6 is 11.8 Å². The zero-order chi connectivity index (χ0) is 22.4. The molecule has 1 unspecified atom stereocenters. The summed E-state index contributed by atoms with van der Waals surface area (Å²) in [7, 11) is 0. The number of rotatable bonds is 9. The number of ether oxygens (including phenoxy) is 1. The van der Waals surface area contributed by atoms with E-state index in [4.69, 9.17) is 4.74 Å². The lowest BCUT2D eigenvalue weighted by molar-refractivity contribution is -0.113. The number of carbonyl (C=O) groups is 1. The molecule has 1 N–H and O–H groups in total. The van der Waals surface area contributed by atoms with E-state index in [2.05, 4.69) is 22.1 Å². The number of hydrogen-bond acceptors (Lipinski definition) is 5. The molecule has 3 rings (SSSR count). The quantitative estimate of drug-likeness (QED) is 0.366. The maximum absolute atomic E-state index is 12.5. The van der Waals surface area contributed by atoms with Gasteiger partial charge in [0.1, 0.15) is 5.75 Å². The molecule has 3 aromatic rings. The lowest BCUT2D eigenvalue weighted by Gasteiger charge is -2.17. The molecule has 0 spiro atoms. The Kier molecular flexibility index (Phi) is 7.52. The van der Waals surface area contributed by atoms with Crippen molar-refractivity contribution < 1.29 is 9.53 Å². The third kappa shape index (κ3) is 5.55. The minimum Gasteiger partial charge on any atom is -0.482 e. The van der Waals surface area contributed by atoms with Crippen LogP contribution in [-0.4, -0.2) is 26.4 Å². The summed E-state index contributed by atoms with van der Waals surface area (Å²) in [5.41, 5.74) is 4.10. The number of aryl methyl sites for hydroxylation is 2. The van der Waals surface area contributed by atoms with Gasteiger partial charge in [0.15, 0.2) is 17.1 Å². The van der Waals surface area contributed by atoms with Gasteiger partial charge in [0.05, 0.1) is 5.75 Å². The molecule has 0 bridgehead atoms. The van der Waals surface area contributed by atoms with Crippen LogP contribution in [0.3, 0.4) is 0 Å². The molecule has 0 fully saturated rings. The van der Waals surface area contributed by atoms with Crippen molar-refractivity contribution in [3.8, 4) is 5.75 Å². The van der Waals surface area contributed by atoms with E-state index in [0.717, 1.165) is 28.1 Å². The van der Waals surface area contributed by atoms with Crippen molar-refractivity contribution in [3.63, 3.8) is 0 Å². The molecule has 162 valence electrons. The first-order valence-electron chi connectivity index (χ1n) is 10.2. The fourth-order valence-electron chi connectivity index (χ4n) is 3.14. The summed E-state index contributed by atoms with van der Waals surface area (Å²) in [5, 5.41) is 12.3. The summed E-state index contributed by atoms with van der Waals surface area (Å²) >= 11 is 1.35. The van der Waals surface area contributed by atoms with E-state index < -0.39 is 0 Å². The van der Waals surface area contributed by atoms with Crippen LogP contribution in [0.1, 0.15) is 35.5 Å². The molecule has 0 aliphatic carbocycles. The Morgan fingerprint density at radius 2 is 1.90 bits per heavy atom. The standard InChI is InChI=1S/C24H28N4O2S/c1-6-14-28-23(19(5)30-21-13-8-7-10-17(21)3)26-27-24(28)31-15-22(29)25-20-12-9-11-16(2)18(20)4/h6-13,19H,1,14-15H2,2-5H3,(H,25,29). The third-order valence-electron chi connectivity index (χ3n) is 5.03. The van der Waals surface area contributed by atoms with Gasteiger partial charge < -0.3 is 10.1 Å². The predicted molar refractivity (Wildman–Crippen MR) is 126 cm³/mol. The Hall–Kier alpha value is -3.06. The highest BCUT2D eigenvalue weighted by molar-refractivity contribution is 7.99. The minimum absolute atomic E-state index is 0.0855. The number of aromatic nitrogens is 3. The number of nitrogens with one attached hydrogen (secondary N) is 1. The number of para-hydroxylation sites is 1. The van der Waals surface area contributed by atoms with Gasteiger partial charge in [-0.25, -0.2) is 0 Å². The highest BCUT2D eigenvalue weighted by Gasteiger charge is 2.20. The second kappa shape index (κ2) is 10.3. The molecule has 6 nitrogen and oxygen atoms in total. The first-order chi connectivity index (χ1) is 14.9. The molecule has 0 saturated carbocycles. The molecular weight excluding hydrogens is 408 g/mol. The maximum atomic E-state index is 12.5. The van der Waals surface area contributed by atoms with Crippen LogP contribution in [0.4, 0.5) is 5.69 Å². The largest absolute Gasteiger partial charge is 0.482 e. The van der Waals surface area contributed by atoms with E-state index in [1.165, 1.54) is 11.8 Å². The first-order valence-corrected chi connectivity index (χ1v) is 11.1. The Bertz CT molecular complexity index is 1080. The van der Waals surface area contributed by atoms with Crippen LogP contribution in [0.25, 0.3) is 0 Å². The number of thioether (sulfide) groups is 1. The van der Waals surface area contributed by atoms with Gasteiger partial charge in [-0.2, -0.15) is 0 Å². The molecule has 0 aliphatic heterocycles. The molecule has 1 heterocycles. The lowest BCUT2D eigenvalue weighted by Crippen LogP contribution is -2.16. The molecule has 0 radical (unpaired) electrons. The Labute approximate surface area is 187 Å². The predicted octanol–water partition coefficient (Wildman–Crippen LogP) is 5.26. The molecular formula is C24H28N4O2S. The van der Waals surface area contributed by atoms with E-state index in [0.29, 0.717) is 17.5 Å². The van der Waals surface area contributed by atoms with Gasteiger partial charge >= 0.3 is 0 Å². The number of anilines is 1. The fourth-order valence-corrected chi connectivity index (χ4v) is 3.90. The van der Waals surface area contributed by atoms with E-state index in [-0.39, 0.29) is 17.8 Å². The molecule has 2 aromatic carbocycles. The molecule has 7 heteroatoms. The second-order valence-electron chi connectivity index (χ2n) is 7.35. The molecule has 1 amide bonds. The van der Waals surface area contributed by atoms with Crippen LogP contribution in [0.5, 0.6) is 5.75 Å². The molecule has 31 heavy (non-hydrogen) atoms. The highest BCUT2D eigenvalue weighted by Crippen LogP contribution is 2.27. The Morgan fingerprint density at radius 1 is 1.16 bits per heavy atom. The van der Waals surface area contributed by atoms with Crippen molar-refractivity contribution in [2.24, 2.45) is 0 Å². The van der Waals surface area contributed by atoms with Gasteiger partial charge in [-0.15, -0.1) is 16.8 Å². The smallest absolute Gasteiger partial charge is 0.234 e. The van der Waals surface area contributed by atoms with Crippen molar-refractivity contribution in [2.75, 3.05) is 11.1 Å². The average Bonchev–Trinajstić information content (AvgIpc) is 3.14. The third-order valence-corrected chi connectivity index (χ3v) is 6.00. The molecule has 0 aliphatic rings. The average molecular weight is 437 g/mol. The minimum atomic E-state index is -0.299. The normalized spacial score (nSPS) is 11.7. The summed E-state index contributed by atoms with van der Waals surface area (Å²) < 4.78 is 8.05. The van der Waals surface area contributed by atoms with Crippen molar-refractivity contribution in [3.05, 3.63) is 77.6 Å². The van der Waals surface area contributed by atoms with Gasteiger partial charge in [-0.3, -0.25) is 9.36 Å². The zero-order valence-corrected chi connectivity index (χ0v) is 19.2. The van der Waals surface area contributed by atoms with Crippen LogP contribution in [0.15, 0.2) is 60.3 Å². The molecule has 1 atom stereocenters. The monoisotopic (exact) mass is 436 g/mol. The van der Waals surface area contributed by atoms with Crippen molar-refractivity contribution in [1.82, 2.24) is 14.8 Å². The molecule has 1 aromatic heterocycles. The van der Waals surface area contributed by atoms with Gasteiger partial charge in [0.25, 0.3) is 0 Å². The molecule has 0 saturated heterocycles. The highest BCUT2D eigenvalue weighted by atomic mass is 32.2. The summed E-state index contributed by atoms with van der Waals surface area (Å²) in [6, 6.07) is 13.7. The van der Waals surface area contributed by atoms with Gasteiger partial charge in [0, 0.05) is 12.2 Å². The van der Waals surface area contributed by atoms with Crippen molar-refractivity contribution in [1.29, 1.82) is 0 Å². The number of allylic oxidation sites excluding steroid dienone is 1. The van der Waals surface area contributed by atoms with Gasteiger partial charge in [-0.1, -0.05) is 48.2 Å². The van der Waals surface area contributed by atoms with Crippen LogP contribution < -0.4 is 10.1 Å². The zero-order valence-electron chi connectivity index (χ0n) is 18.4. The number of nitrogens with zero attached hydrogens (tertiary/aromatic N) is 3. The van der Waals surface area contributed by atoms with Crippen molar-refractivity contribution in [2.45, 2.75) is 45.5 Å². The van der Waals surface area contributed by atoms with E-state index in [1.807, 2.05) is 74.7 Å². The lowest BCUT2D eigenvalue weighted by atomic mass is 10.1. The van der Waals surface area contributed by atoms with Crippen LogP contribution in [-0.2, 0) is 11.3 Å². The summed E-state index contributed by atoms with van der Waals surface area (Å²) in [5.74, 6) is 1.65. The van der Waals surface area contributed by atoms with Crippen LogP contribution in [0.2, 0.25) is 0 Å². The number of hydrogen-bond donors (Lipinski definition) is 1. The topological polar surface area (TPSA) is 69.0 Å². The van der Waals surface area contributed by atoms with E-state index in [9.17, 15) is 4.79 Å². The Balaban J connectivity index is 1.69. The van der Waals surface area contributed by atoms with E-state index in [1.54, 1.807) is 6.08 Å². The van der Waals surface area contributed by atoms with Gasteiger partial charge in [-0.05, 0) is 56.5 Å². The first kappa shape index (κ1) is 22.6. The van der Waals surface area contributed by atoms with Gasteiger partial charge in [0.2, 0.25) is 5.91 Å². The summed E-state index contributed by atoms with van der Waals surface area (Å²) in [6.07, 6.45) is 1.49. The van der Waals surface area contributed by atoms with Crippen molar-refractivity contribution >= 4 is 23.4 Å². The number of carbonyl (C=O) groups excluding carboxylic acids is 1. The number of benzene rings is 2. The summed E-state index contributed by atoms with van der Waals surface area (Å²) in [6.45, 7) is 12.3. The SMILES string of the molecule is C=CCn1c(SCC(=O)Nc2cccc(C)c2C)nnc1C(C)Oc1ccccc1C. The fraction of sp³-hybridized carbons (Fsp3) is 0.292.